The van der Waals surface area contributed by atoms with Gasteiger partial charge in [-0.3, -0.25) is 4.79 Å². The number of benzene rings is 1. The molecule has 1 saturated carbocycles. The van der Waals surface area contributed by atoms with Crippen molar-refractivity contribution >= 4 is 17.6 Å². The first-order valence-electron chi connectivity index (χ1n) is 6.94. The second-order valence-corrected chi connectivity index (χ2v) is 5.81. The highest BCUT2D eigenvalue weighted by Gasteiger charge is 2.52. The SMILES string of the molecule is CC1CCC2(CC1)NC(=O)N(c1ccc(F)cc1)C2=O. The second kappa shape index (κ2) is 4.58. The Bertz CT molecular complexity index is 547. The van der Waals surface area contributed by atoms with Crippen LogP contribution in [0.5, 0.6) is 0 Å². The Morgan fingerprint density at radius 1 is 1.20 bits per heavy atom. The lowest BCUT2D eigenvalue weighted by atomic mass is 9.77. The second-order valence-electron chi connectivity index (χ2n) is 5.81. The molecule has 1 aromatic carbocycles. The molecular weight excluding hydrogens is 259 g/mol. The van der Waals surface area contributed by atoms with Gasteiger partial charge in [0.2, 0.25) is 0 Å². The number of rotatable bonds is 1. The summed E-state index contributed by atoms with van der Waals surface area (Å²) in [6.07, 6.45) is 3.22. The average Bonchev–Trinajstić information content (AvgIpc) is 2.67. The van der Waals surface area contributed by atoms with Crippen LogP contribution in [-0.4, -0.2) is 17.5 Å². The molecule has 1 aromatic rings. The van der Waals surface area contributed by atoms with Crippen LogP contribution < -0.4 is 10.2 Å². The number of carbonyl (C=O) groups excluding carboxylic acids is 2. The highest BCUT2D eigenvalue weighted by molar-refractivity contribution is 6.23. The van der Waals surface area contributed by atoms with Gasteiger partial charge >= 0.3 is 6.03 Å². The largest absolute Gasteiger partial charge is 0.329 e. The van der Waals surface area contributed by atoms with E-state index >= 15 is 0 Å². The van der Waals surface area contributed by atoms with Crippen LogP contribution in [0.25, 0.3) is 0 Å². The Kier molecular flexibility index (Phi) is 3.00. The van der Waals surface area contributed by atoms with Gasteiger partial charge in [-0.05, 0) is 55.9 Å². The third-order valence-corrected chi connectivity index (χ3v) is 4.37. The highest BCUT2D eigenvalue weighted by Crippen LogP contribution is 2.37. The third-order valence-electron chi connectivity index (χ3n) is 4.37. The summed E-state index contributed by atoms with van der Waals surface area (Å²) in [4.78, 5) is 25.9. The van der Waals surface area contributed by atoms with Crippen molar-refractivity contribution in [2.45, 2.75) is 38.1 Å². The van der Waals surface area contributed by atoms with Gasteiger partial charge in [-0.25, -0.2) is 14.1 Å². The molecular formula is C15H17FN2O2. The fraction of sp³-hybridized carbons (Fsp3) is 0.467. The lowest BCUT2D eigenvalue weighted by molar-refractivity contribution is -0.123. The van der Waals surface area contributed by atoms with E-state index in [9.17, 15) is 14.0 Å². The molecule has 0 radical (unpaired) electrons. The van der Waals surface area contributed by atoms with Crippen molar-refractivity contribution in [3.63, 3.8) is 0 Å². The minimum absolute atomic E-state index is 0.207. The third kappa shape index (κ3) is 1.97. The smallest absolute Gasteiger partial charge is 0.323 e. The Labute approximate surface area is 117 Å². The summed E-state index contributed by atoms with van der Waals surface area (Å²) in [5, 5.41) is 2.85. The monoisotopic (exact) mass is 276 g/mol. The maximum Gasteiger partial charge on any atom is 0.329 e. The molecule has 106 valence electrons. The van der Waals surface area contributed by atoms with Crippen molar-refractivity contribution in [3.8, 4) is 0 Å². The van der Waals surface area contributed by atoms with Crippen LogP contribution in [0.4, 0.5) is 14.9 Å². The Morgan fingerprint density at radius 3 is 2.40 bits per heavy atom. The molecule has 1 spiro atoms. The number of carbonyl (C=O) groups is 2. The Morgan fingerprint density at radius 2 is 1.80 bits per heavy atom. The van der Waals surface area contributed by atoms with Gasteiger partial charge in [0.15, 0.2) is 0 Å². The summed E-state index contributed by atoms with van der Waals surface area (Å²) in [6, 6.07) is 5.01. The minimum atomic E-state index is -0.752. The summed E-state index contributed by atoms with van der Waals surface area (Å²) in [7, 11) is 0. The molecule has 2 fully saturated rings. The van der Waals surface area contributed by atoms with Crippen molar-refractivity contribution < 1.29 is 14.0 Å². The van der Waals surface area contributed by atoms with Crippen LogP contribution in [0.1, 0.15) is 32.6 Å². The van der Waals surface area contributed by atoms with E-state index in [1.165, 1.54) is 24.3 Å². The number of hydrogen-bond donors (Lipinski definition) is 1. The summed E-state index contributed by atoms with van der Waals surface area (Å²) < 4.78 is 13.0. The van der Waals surface area contributed by atoms with E-state index in [1.807, 2.05) is 0 Å². The molecule has 5 heteroatoms. The molecule has 0 unspecified atom stereocenters. The first kappa shape index (κ1) is 13.1. The van der Waals surface area contributed by atoms with E-state index in [0.29, 0.717) is 24.4 Å². The Hall–Kier alpha value is -1.91. The van der Waals surface area contributed by atoms with Crippen LogP contribution >= 0.6 is 0 Å². The number of urea groups is 1. The van der Waals surface area contributed by atoms with Gasteiger partial charge in [-0.15, -0.1) is 0 Å². The van der Waals surface area contributed by atoms with Crippen LogP contribution in [0.15, 0.2) is 24.3 Å². The number of hydrogen-bond acceptors (Lipinski definition) is 2. The van der Waals surface area contributed by atoms with Crippen molar-refractivity contribution in [1.29, 1.82) is 0 Å². The van der Waals surface area contributed by atoms with Crippen molar-refractivity contribution in [2.24, 2.45) is 5.92 Å². The van der Waals surface area contributed by atoms with E-state index in [1.54, 1.807) is 0 Å². The average molecular weight is 276 g/mol. The zero-order valence-electron chi connectivity index (χ0n) is 11.4. The molecule has 0 aromatic heterocycles. The predicted octanol–water partition coefficient (Wildman–Crippen LogP) is 2.83. The van der Waals surface area contributed by atoms with Gasteiger partial charge in [0.05, 0.1) is 5.69 Å². The van der Waals surface area contributed by atoms with Crippen molar-refractivity contribution in [2.75, 3.05) is 4.90 Å². The summed E-state index contributed by atoms with van der Waals surface area (Å²) in [5.41, 5.74) is -0.331. The topological polar surface area (TPSA) is 49.4 Å². The number of nitrogens with zero attached hydrogens (tertiary/aromatic N) is 1. The maximum atomic E-state index is 13.0. The molecule has 1 N–H and O–H groups in total. The highest BCUT2D eigenvalue weighted by atomic mass is 19.1. The summed E-state index contributed by atoms with van der Waals surface area (Å²) in [6.45, 7) is 2.16. The van der Waals surface area contributed by atoms with Crippen LogP contribution in [-0.2, 0) is 4.79 Å². The molecule has 1 heterocycles. The summed E-state index contributed by atoms with van der Waals surface area (Å²) in [5.74, 6) is -0.00628. The minimum Gasteiger partial charge on any atom is -0.323 e. The fourth-order valence-electron chi connectivity index (χ4n) is 3.04. The van der Waals surface area contributed by atoms with Crippen LogP contribution in [0.3, 0.4) is 0 Å². The molecule has 4 nitrogen and oxygen atoms in total. The number of imide groups is 1. The van der Waals surface area contributed by atoms with Gasteiger partial charge < -0.3 is 5.32 Å². The number of anilines is 1. The van der Waals surface area contributed by atoms with Crippen molar-refractivity contribution in [1.82, 2.24) is 5.32 Å². The quantitative estimate of drug-likeness (QED) is 0.802. The molecule has 3 rings (SSSR count). The molecule has 2 aliphatic rings. The van der Waals surface area contributed by atoms with Gasteiger partial charge in [-0.2, -0.15) is 0 Å². The number of halogens is 1. The van der Waals surface area contributed by atoms with Gasteiger partial charge in [0, 0.05) is 0 Å². The maximum absolute atomic E-state index is 13.0. The predicted molar refractivity (Wildman–Crippen MR) is 72.8 cm³/mol. The fourth-order valence-corrected chi connectivity index (χ4v) is 3.04. The van der Waals surface area contributed by atoms with E-state index in [4.69, 9.17) is 0 Å². The van der Waals surface area contributed by atoms with Gasteiger partial charge in [0.25, 0.3) is 5.91 Å². The normalized spacial score (nSPS) is 29.9. The molecule has 0 atom stereocenters. The zero-order valence-corrected chi connectivity index (χ0v) is 11.4. The Balaban J connectivity index is 1.89. The molecule has 0 bridgehead atoms. The number of nitrogens with one attached hydrogen (secondary N) is 1. The molecule has 1 aliphatic heterocycles. The first-order chi connectivity index (χ1) is 9.52. The molecule has 3 amide bonds. The first-order valence-corrected chi connectivity index (χ1v) is 6.94. The standard InChI is InChI=1S/C15H17FN2O2/c1-10-6-8-15(9-7-10)13(19)18(14(20)17-15)12-4-2-11(16)3-5-12/h2-5,10H,6-9H2,1H3,(H,17,20). The molecule has 1 saturated heterocycles. The van der Waals surface area contributed by atoms with E-state index in [0.717, 1.165) is 17.7 Å². The van der Waals surface area contributed by atoms with Crippen LogP contribution in [0.2, 0.25) is 0 Å². The zero-order chi connectivity index (χ0) is 14.3. The van der Waals surface area contributed by atoms with E-state index in [-0.39, 0.29) is 11.7 Å². The summed E-state index contributed by atoms with van der Waals surface area (Å²) >= 11 is 0. The van der Waals surface area contributed by atoms with Crippen molar-refractivity contribution in [3.05, 3.63) is 30.1 Å². The molecule has 20 heavy (non-hydrogen) atoms. The van der Waals surface area contributed by atoms with Crippen LogP contribution in [0, 0.1) is 11.7 Å². The van der Waals surface area contributed by atoms with E-state index < -0.39 is 11.6 Å². The van der Waals surface area contributed by atoms with E-state index in [2.05, 4.69) is 12.2 Å². The molecule has 1 aliphatic carbocycles. The van der Waals surface area contributed by atoms with Gasteiger partial charge in [0.1, 0.15) is 11.4 Å². The van der Waals surface area contributed by atoms with Gasteiger partial charge in [-0.1, -0.05) is 6.92 Å². The lowest BCUT2D eigenvalue weighted by Gasteiger charge is -2.33. The number of amides is 3. The lowest BCUT2D eigenvalue weighted by Crippen LogP contribution is -2.49.